The van der Waals surface area contributed by atoms with E-state index in [0.29, 0.717) is 18.5 Å². The number of carbonyl (C=O) groups is 3. The molecule has 0 aliphatic heterocycles. The highest BCUT2D eigenvalue weighted by atomic mass is 16.6. The van der Waals surface area contributed by atoms with Crippen LogP contribution in [0.15, 0.2) is 30.8 Å². The van der Waals surface area contributed by atoms with Gasteiger partial charge in [0.2, 0.25) is 11.8 Å². The van der Waals surface area contributed by atoms with E-state index in [1.54, 1.807) is 38.7 Å². The molecule has 0 saturated heterocycles. The van der Waals surface area contributed by atoms with Gasteiger partial charge in [0.1, 0.15) is 17.7 Å². The molecule has 190 valence electrons. The Hall–Kier alpha value is -2.83. The largest absolute Gasteiger partial charge is 0.444 e. The third-order valence-electron chi connectivity index (χ3n) is 5.66. The molecule has 3 amide bonds. The van der Waals surface area contributed by atoms with E-state index in [1.807, 2.05) is 45.0 Å². The SMILES string of the molecule is C=Cc1cccc(C(C(=O)NCCCC)N(C(=O)C(C)NC(=O)OC(C)(C)C)C(C)(C)CC)c1. The summed E-state index contributed by atoms with van der Waals surface area (Å²) in [5.41, 5.74) is 0.177. The Labute approximate surface area is 205 Å². The van der Waals surface area contributed by atoms with Crippen LogP contribution < -0.4 is 10.6 Å². The lowest BCUT2D eigenvalue weighted by Gasteiger charge is -2.44. The Balaban J connectivity index is 3.46. The first-order chi connectivity index (χ1) is 15.8. The van der Waals surface area contributed by atoms with Crippen LogP contribution in [0.1, 0.15) is 91.8 Å². The van der Waals surface area contributed by atoms with Gasteiger partial charge in [0.15, 0.2) is 0 Å². The molecule has 0 bridgehead atoms. The van der Waals surface area contributed by atoms with Crippen LogP contribution in [-0.2, 0) is 14.3 Å². The zero-order valence-corrected chi connectivity index (χ0v) is 22.2. The zero-order valence-electron chi connectivity index (χ0n) is 22.2. The van der Waals surface area contributed by atoms with E-state index in [-0.39, 0.29) is 11.8 Å². The number of rotatable bonds is 11. The summed E-state index contributed by atoms with van der Waals surface area (Å²) in [6.07, 6.45) is 3.42. The Bertz CT molecular complexity index is 858. The average Bonchev–Trinajstić information content (AvgIpc) is 2.75. The summed E-state index contributed by atoms with van der Waals surface area (Å²) in [5, 5.41) is 5.62. The molecule has 0 heterocycles. The van der Waals surface area contributed by atoms with E-state index in [2.05, 4.69) is 24.1 Å². The highest BCUT2D eigenvalue weighted by molar-refractivity contribution is 5.92. The summed E-state index contributed by atoms with van der Waals surface area (Å²) in [5.74, 6) is -0.619. The number of ether oxygens (including phenoxy) is 1. The van der Waals surface area contributed by atoms with Crippen molar-refractivity contribution in [1.29, 1.82) is 0 Å². The van der Waals surface area contributed by atoms with Gasteiger partial charge in [-0.3, -0.25) is 9.59 Å². The molecule has 7 heteroatoms. The lowest BCUT2D eigenvalue weighted by Crippen LogP contribution is -2.58. The average molecular weight is 474 g/mol. The number of amides is 3. The molecule has 0 radical (unpaired) electrons. The number of nitrogens with one attached hydrogen (secondary N) is 2. The maximum Gasteiger partial charge on any atom is 0.408 e. The Morgan fingerprint density at radius 2 is 1.79 bits per heavy atom. The number of hydrogen-bond acceptors (Lipinski definition) is 4. The van der Waals surface area contributed by atoms with Gasteiger partial charge in [0, 0.05) is 12.1 Å². The van der Waals surface area contributed by atoms with Crippen molar-refractivity contribution >= 4 is 24.0 Å². The highest BCUT2D eigenvalue weighted by Gasteiger charge is 2.42. The van der Waals surface area contributed by atoms with Gasteiger partial charge in [-0.2, -0.15) is 0 Å². The molecule has 0 spiro atoms. The van der Waals surface area contributed by atoms with E-state index >= 15 is 0 Å². The van der Waals surface area contributed by atoms with Crippen molar-refractivity contribution < 1.29 is 19.1 Å². The highest BCUT2D eigenvalue weighted by Crippen LogP contribution is 2.32. The molecule has 7 nitrogen and oxygen atoms in total. The van der Waals surface area contributed by atoms with Crippen molar-refractivity contribution in [2.75, 3.05) is 6.54 Å². The monoisotopic (exact) mass is 473 g/mol. The van der Waals surface area contributed by atoms with Crippen LogP contribution in [0.4, 0.5) is 4.79 Å². The van der Waals surface area contributed by atoms with Gasteiger partial charge in [-0.15, -0.1) is 0 Å². The Morgan fingerprint density at radius 1 is 1.15 bits per heavy atom. The molecule has 2 N–H and O–H groups in total. The summed E-state index contributed by atoms with van der Waals surface area (Å²) < 4.78 is 5.33. The summed E-state index contributed by atoms with van der Waals surface area (Å²) in [7, 11) is 0. The molecule has 1 aromatic carbocycles. The van der Waals surface area contributed by atoms with Gasteiger partial charge in [0.25, 0.3) is 0 Å². The van der Waals surface area contributed by atoms with Crippen LogP contribution >= 0.6 is 0 Å². The third-order valence-corrected chi connectivity index (χ3v) is 5.66. The first kappa shape index (κ1) is 29.2. The van der Waals surface area contributed by atoms with Crippen LogP contribution in [0.3, 0.4) is 0 Å². The lowest BCUT2D eigenvalue weighted by molar-refractivity contribution is -0.149. The molecular weight excluding hydrogens is 430 g/mol. The summed E-state index contributed by atoms with van der Waals surface area (Å²) >= 11 is 0. The first-order valence-corrected chi connectivity index (χ1v) is 12.1. The van der Waals surface area contributed by atoms with Gasteiger partial charge in [-0.05, 0) is 71.6 Å². The zero-order chi connectivity index (χ0) is 26.1. The second-order valence-electron chi connectivity index (χ2n) is 10.2. The minimum Gasteiger partial charge on any atom is -0.444 e. The van der Waals surface area contributed by atoms with Crippen LogP contribution in [0, 0.1) is 0 Å². The van der Waals surface area contributed by atoms with Crippen LogP contribution in [0.5, 0.6) is 0 Å². The number of unbranched alkanes of at least 4 members (excludes halogenated alkanes) is 1. The standard InChI is InChI=1S/C27H43N3O4/c1-10-13-17-28-23(31)22(21-16-14-15-20(11-2)18-21)30(27(8,9)12-3)24(32)19(4)29-25(33)34-26(5,6)7/h11,14-16,18-19,22H,2,10,12-13,17H2,1,3-9H3,(H,28,31)(H,29,33). The predicted molar refractivity (Wildman–Crippen MR) is 137 cm³/mol. The third kappa shape index (κ3) is 8.50. The van der Waals surface area contributed by atoms with Crippen molar-refractivity contribution in [2.24, 2.45) is 0 Å². The van der Waals surface area contributed by atoms with E-state index in [1.165, 1.54) is 0 Å². The minimum absolute atomic E-state index is 0.256. The molecule has 0 aromatic heterocycles. The second kappa shape index (κ2) is 12.6. The molecular formula is C27H43N3O4. The van der Waals surface area contributed by atoms with Gasteiger partial charge in [0.05, 0.1) is 0 Å². The summed E-state index contributed by atoms with van der Waals surface area (Å²) in [4.78, 5) is 41.3. The molecule has 1 rings (SSSR count). The lowest BCUT2D eigenvalue weighted by atomic mass is 9.91. The van der Waals surface area contributed by atoms with Crippen molar-refractivity contribution in [2.45, 2.75) is 97.9 Å². The normalized spacial score (nSPS) is 13.4. The number of hydrogen-bond donors (Lipinski definition) is 2. The smallest absolute Gasteiger partial charge is 0.408 e. The van der Waals surface area contributed by atoms with Gasteiger partial charge >= 0.3 is 6.09 Å². The van der Waals surface area contributed by atoms with E-state index in [0.717, 1.165) is 18.4 Å². The van der Waals surface area contributed by atoms with Gasteiger partial charge in [-0.25, -0.2) is 4.79 Å². The fourth-order valence-electron chi connectivity index (χ4n) is 3.46. The van der Waals surface area contributed by atoms with Crippen molar-refractivity contribution in [1.82, 2.24) is 15.5 Å². The van der Waals surface area contributed by atoms with Crippen molar-refractivity contribution in [3.8, 4) is 0 Å². The molecule has 2 unspecified atom stereocenters. The van der Waals surface area contributed by atoms with Crippen molar-refractivity contribution in [3.05, 3.63) is 42.0 Å². The fourth-order valence-corrected chi connectivity index (χ4v) is 3.46. The van der Waals surface area contributed by atoms with Gasteiger partial charge < -0.3 is 20.3 Å². The quantitative estimate of drug-likeness (QED) is 0.432. The maximum absolute atomic E-state index is 13.8. The summed E-state index contributed by atoms with van der Waals surface area (Å²) in [6.45, 7) is 19.1. The molecule has 34 heavy (non-hydrogen) atoms. The number of carbonyl (C=O) groups excluding carboxylic acids is 3. The minimum atomic E-state index is -0.894. The van der Waals surface area contributed by atoms with E-state index in [9.17, 15) is 14.4 Å². The fraction of sp³-hybridized carbons (Fsp3) is 0.593. The molecule has 1 aromatic rings. The van der Waals surface area contributed by atoms with E-state index in [4.69, 9.17) is 4.74 Å². The molecule has 0 fully saturated rings. The van der Waals surface area contributed by atoms with Gasteiger partial charge in [-0.1, -0.05) is 51.1 Å². The van der Waals surface area contributed by atoms with Crippen molar-refractivity contribution in [3.63, 3.8) is 0 Å². The molecule has 0 aliphatic carbocycles. The molecule has 0 aliphatic rings. The van der Waals surface area contributed by atoms with Crippen LogP contribution in [0.25, 0.3) is 6.08 Å². The molecule has 0 saturated carbocycles. The topological polar surface area (TPSA) is 87.7 Å². The first-order valence-electron chi connectivity index (χ1n) is 12.1. The Morgan fingerprint density at radius 3 is 2.32 bits per heavy atom. The summed E-state index contributed by atoms with van der Waals surface area (Å²) in [6, 6.07) is 5.69. The second-order valence-corrected chi connectivity index (χ2v) is 10.2. The van der Waals surface area contributed by atoms with Crippen LogP contribution in [-0.4, -0.2) is 46.5 Å². The molecule has 2 atom stereocenters. The number of benzene rings is 1. The predicted octanol–water partition coefficient (Wildman–Crippen LogP) is 5.22. The Kier molecular flexibility index (Phi) is 10.8. The van der Waals surface area contributed by atoms with Crippen LogP contribution in [0.2, 0.25) is 0 Å². The number of alkyl carbamates (subject to hydrolysis) is 1. The number of nitrogens with zero attached hydrogens (tertiary/aromatic N) is 1. The van der Waals surface area contributed by atoms with E-state index < -0.39 is 29.3 Å². The maximum atomic E-state index is 13.8.